The number of carbonyl (C=O) groups excluding carboxylic acids is 2. The van der Waals surface area contributed by atoms with Gasteiger partial charge in [-0.1, -0.05) is 24.3 Å². The third-order valence-electron chi connectivity index (χ3n) is 7.49. The molecule has 3 aliphatic heterocycles. The first kappa shape index (κ1) is 23.1. The van der Waals surface area contributed by atoms with Gasteiger partial charge < -0.3 is 9.80 Å². The molecule has 2 aromatic carbocycles. The zero-order valence-corrected chi connectivity index (χ0v) is 20.6. The van der Waals surface area contributed by atoms with Crippen molar-refractivity contribution in [3.8, 4) is 0 Å². The molecule has 0 unspecified atom stereocenters. The molecule has 8 heteroatoms. The summed E-state index contributed by atoms with van der Waals surface area (Å²) < 4.78 is 28.2. The Hall–Kier alpha value is -2.71. The van der Waals surface area contributed by atoms with Crippen molar-refractivity contribution in [2.75, 3.05) is 24.5 Å². The molecular formula is C26H31N3O4S. The molecule has 3 heterocycles. The molecule has 180 valence electrons. The van der Waals surface area contributed by atoms with Crippen LogP contribution in [0.3, 0.4) is 0 Å². The second-order valence-electron chi connectivity index (χ2n) is 9.69. The first-order valence-corrected chi connectivity index (χ1v) is 13.5. The average molecular weight is 482 g/mol. The van der Waals surface area contributed by atoms with Gasteiger partial charge in [0.15, 0.2) is 0 Å². The molecule has 3 aliphatic rings. The van der Waals surface area contributed by atoms with Crippen molar-refractivity contribution < 1.29 is 18.0 Å². The number of benzene rings is 2. The highest BCUT2D eigenvalue weighted by atomic mass is 32.2. The number of fused-ring (bicyclic) bond motifs is 2. The standard InChI is InChI=1S/C26H31N3O4S/c1-18-15-23-16-24(7-8-25(23)29(18)19(2)30)34(32,33)28-13-10-21(11-14-28)26(31)27-12-9-20-5-3-4-6-22(20)17-27/h3-8,16,18,21H,9-15,17H2,1-2H3/t18-/m0/s1. The van der Waals surface area contributed by atoms with E-state index in [1.54, 1.807) is 23.1 Å². The van der Waals surface area contributed by atoms with Crippen LogP contribution in [0.2, 0.25) is 0 Å². The molecule has 0 N–H and O–H groups in total. The normalized spacial score (nSPS) is 21.3. The van der Waals surface area contributed by atoms with Crippen LogP contribution in [0.5, 0.6) is 0 Å². The molecule has 1 atom stereocenters. The molecule has 7 nitrogen and oxygen atoms in total. The number of amides is 2. The van der Waals surface area contributed by atoms with Gasteiger partial charge in [0.25, 0.3) is 0 Å². The van der Waals surface area contributed by atoms with Gasteiger partial charge in [0.2, 0.25) is 21.8 Å². The summed E-state index contributed by atoms with van der Waals surface area (Å²) in [5.74, 6) is -0.0325. The predicted octanol–water partition coefficient (Wildman–Crippen LogP) is 2.97. The van der Waals surface area contributed by atoms with Gasteiger partial charge in [0.05, 0.1) is 4.90 Å². The third-order valence-corrected chi connectivity index (χ3v) is 9.38. The number of hydrogen-bond acceptors (Lipinski definition) is 4. The Labute approximate surface area is 201 Å². The molecule has 0 radical (unpaired) electrons. The number of rotatable bonds is 3. The summed E-state index contributed by atoms with van der Waals surface area (Å²) in [5.41, 5.74) is 4.20. The largest absolute Gasteiger partial charge is 0.338 e. The third kappa shape index (κ3) is 4.03. The minimum atomic E-state index is -3.65. The van der Waals surface area contributed by atoms with E-state index in [1.165, 1.54) is 22.4 Å². The number of sulfonamides is 1. The van der Waals surface area contributed by atoms with E-state index in [9.17, 15) is 18.0 Å². The first-order valence-electron chi connectivity index (χ1n) is 12.0. The van der Waals surface area contributed by atoms with Crippen molar-refractivity contribution in [3.05, 3.63) is 59.2 Å². The fraction of sp³-hybridized carbons (Fsp3) is 0.462. The number of anilines is 1. The molecule has 0 aliphatic carbocycles. The number of piperidine rings is 1. The Morgan fingerprint density at radius 1 is 0.941 bits per heavy atom. The molecule has 2 aromatic rings. The quantitative estimate of drug-likeness (QED) is 0.675. The first-order chi connectivity index (χ1) is 16.3. The highest BCUT2D eigenvalue weighted by molar-refractivity contribution is 7.89. The van der Waals surface area contributed by atoms with Crippen molar-refractivity contribution in [2.45, 2.75) is 57.0 Å². The van der Waals surface area contributed by atoms with Crippen molar-refractivity contribution in [1.82, 2.24) is 9.21 Å². The fourth-order valence-corrected chi connectivity index (χ4v) is 7.20. The minimum Gasteiger partial charge on any atom is -0.338 e. The topological polar surface area (TPSA) is 78.0 Å². The summed E-state index contributed by atoms with van der Waals surface area (Å²) >= 11 is 0. The maximum Gasteiger partial charge on any atom is 0.243 e. The van der Waals surface area contributed by atoms with Crippen molar-refractivity contribution in [1.29, 1.82) is 0 Å². The molecule has 0 bridgehead atoms. The van der Waals surface area contributed by atoms with Crippen LogP contribution >= 0.6 is 0 Å². The van der Waals surface area contributed by atoms with Gasteiger partial charge in [-0.05, 0) is 67.5 Å². The van der Waals surface area contributed by atoms with Gasteiger partial charge in [-0.3, -0.25) is 9.59 Å². The van der Waals surface area contributed by atoms with Gasteiger partial charge in [-0.25, -0.2) is 8.42 Å². The molecule has 0 aromatic heterocycles. The smallest absolute Gasteiger partial charge is 0.243 e. The van der Waals surface area contributed by atoms with E-state index >= 15 is 0 Å². The van der Waals surface area contributed by atoms with Crippen LogP contribution < -0.4 is 4.90 Å². The lowest BCUT2D eigenvalue weighted by molar-refractivity contribution is -0.137. The lowest BCUT2D eigenvalue weighted by Crippen LogP contribution is -2.45. The van der Waals surface area contributed by atoms with E-state index < -0.39 is 10.0 Å². The highest BCUT2D eigenvalue weighted by Crippen LogP contribution is 2.35. The monoisotopic (exact) mass is 481 g/mol. The van der Waals surface area contributed by atoms with Crippen LogP contribution in [0, 0.1) is 5.92 Å². The van der Waals surface area contributed by atoms with E-state index in [2.05, 4.69) is 12.1 Å². The van der Waals surface area contributed by atoms with Gasteiger partial charge in [-0.2, -0.15) is 4.31 Å². The maximum absolute atomic E-state index is 13.3. The maximum atomic E-state index is 13.3. The van der Waals surface area contributed by atoms with Crippen molar-refractivity contribution in [2.24, 2.45) is 5.92 Å². The molecule has 0 spiro atoms. The Balaban J connectivity index is 1.25. The molecule has 1 fully saturated rings. The predicted molar refractivity (Wildman–Crippen MR) is 130 cm³/mol. The SMILES string of the molecule is CC(=O)N1c2ccc(S(=O)(=O)N3CCC(C(=O)N4CCc5ccccc5C4)CC3)cc2C[C@@H]1C. The van der Waals surface area contributed by atoms with Crippen LogP contribution in [0.15, 0.2) is 47.4 Å². The second kappa shape index (κ2) is 8.82. The van der Waals surface area contributed by atoms with Crippen molar-refractivity contribution >= 4 is 27.5 Å². The average Bonchev–Trinajstić information content (AvgIpc) is 3.18. The van der Waals surface area contributed by atoms with E-state index in [4.69, 9.17) is 0 Å². The van der Waals surface area contributed by atoms with Crippen LogP contribution in [0.4, 0.5) is 5.69 Å². The number of carbonyl (C=O) groups is 2. The van der Waals surface area contributed by atoms with Gasteiger partial charge in [-0.15, -0.1) is 0 Å². The fourth-order valence-electron chi connectivity index (χ4n) is 5.68. The lowest BCUT2D eigenvalue weighted by Gasteiger charge is -2.35. The van der Waals surface area contributed by atoms with Crippen LogP contribution in [-0.2, 0) is 39.0 Å². The van der Waals surface area contributed by atoms with Crippen LogP contribution in [0.25, 0.3) is 0 Å². The summed E-state index contributed by atoms with van der Waals surface area (Å²) in [6, 6.07) is 13.3. The van der Waals surface area contributed by atoms with Crippen LogP contribution in [0.1, 0.15) is 43.4 Å². The van der Waals surface area contributed by atoms with Gasteiger partial charge >= 0.3 is 0 Å². The Bertz CT molecular complexity index is 1230. The molecule has 34 heavy (non-hydrogen) atoms. The Morgan fingerprint density at radius 3 is 2.35 bits per heavy atom. The zero-order valence-electron chi connectivity index (χ0n) is 19.7. The molecule has 1 saturated heterocycles. The van der Waals surface area contributed by atoms with E-state index in [-0.39, 0.29) is 28.7 Å². The zero-order chi connectivity index (χ0) is 24.0. The summed E-state index contributed by atoms with van der Waals surface area (Å²) in [7, 11) is -3.65. The van der Waals surface area contributed by atoms with Crippen LogP contribution in [-0.4, -0.2) is 55.1 Å². The number of hydrogen-bond donors (Lipinski definition) is 0. The summed E-state index contributed by atoms with van der Waals surface area (Å²) in [6.07, 6.45) is 2.59. The van der Waals surface area contributed by atoms with Gasteiger partial charge in [0, 0.05) is 50.7 Å². The Morgan fingerprint density at radius 2 is 1.65 bits per heavy atom. The van der Waals surface area contributed by atoms with E-state index in [0.29, 0.717) is 38.9 Å². The molecular weight excluding hydrogens is 450 g/mol. The minimum absolute atomic E-state index is 0.0222. The molecule has 0 saturated carbocycles. The Kier molecular flexibility index (Phi) is 5.98. The van der Waals surface area contributed by atoms with Gasteiger partial charge in [0.1, 0.15) is 0 Å². The summed E-state index contributed by atoms with van der Waals surface area (Å²) in [4.78, 5) is 29.1. The summed E-state index contributed by atoms with van der Waals surface area (Å²) in [6.45, 7) is 5.55. The van der Waals surface area contributed by atoms with E-state index in [1.807, 2.05) is 24.0 Å². The highest BCUT2D eigenvalue weighted by Gasteiger charge is 2.36. The second-order valence-corrected chi connectivity index (χ2v) is 11.6. The molecule has 2 amide bonds. The number of nitrogens with zero attached hydrogens (tertiary/aromatic N) is 3. The molecule has 5 rings (SSSR count). The summed E-state index contributed by atoms with van der Waals surface area (Å²) in [5, 5.41) is 0. The van der Waals surface area contributed by atoms with Crippen molar-refractivity contribution in [3.63, 3.8) is 0 Å². The lowest BCUT2D eigenvalue weighted by atomic mass is 9.94. The van der Waals surface area contributed by atoms with E-state index in [0.717, 1.165) is 24.2 Å².